The number of hydrogen-bond donors (Lipinski definition) is 2. The van der Waals surface area contributed by atoms with Crippen LogP contribution in [-0.4, -0.2) is 60.8 Å². The Kier molecular flexibility index (Phi) is 6.62. The van der Waals surface area contributed by atoms with Crippen LogP contribution in [0.15, 0.2) is 48.5 Å². The number of anilines is 2. The van der Waals surface area contributed by atoms with Gasteiger partial charge in [-0.1, -0.05) is 30.3 Å². The van der Waals surface area contributed by atoms with E-state index in [0.29, 0.717) is 18.8 Å². The van der Waals surface area contributed by atoms with E-state index in [9.17, 15) is 10.1 Å². The molecule has 0 bridgehead atoms. The van der Waals surface area contributed by atoms with Crippen molar-refractivity contribution in [3.05, 3.63) is 64.2 Å². The van der Waals surface area contributed by atoms with Gasteiger partial charge in [0.25, 0.3) is 5.69 Å². The summed E-state index contributed by atoms with van der Waals surface area (Å²) in [5.74, 6) is 0. The van der Waals surface area contributed by atoms with Crippen LogP contribution in [0.5, 0.6) is 0 Å². The van der Waals surface area contributed by atoms with Gasteiger partial charge in [0.1, 0.15) is 5.69 Å². The van der Waals surface area contributed by atoms with Crippen LogP contribution in [0.4, 0.5) is 17.1 Å². The highest BCUT2D eigenvalue weighted by atomic mass is 16.6. The number of nitro benzene ring substituents is 1. The average molecular weight is 370 g/mol. The van der Waals surface area contributed by atoms with Crippen molar-refractivity contribution in [2.75, 3.05) is 56.1 Å². The molecule has 1 aliphatic heterocycles. The largest absolute Gasteiger partial charge is 0.395 e. The molecule has 0 aliphatic carbocycles. The topological polar surface area (TPSA) is 81.9 Å². The number of nitrogens with zero attached hydrogens (tertiary/aromatic N) is 3. The van der Waals surface area contributed by atoms with Gasteiger partial charge in [-0.05, 0) is 24.1 Å². The third-order valence-corrected chi connectivity index (χ3v) is 4.90. The molecule has 7 nitrogen and oxygen atoms in total. The Hall–Kier alpha value is -2.64. The molecule has 0 radical (unpaired) electrons. The highest BCUT2D eigenvalue weighted by Crippen LogP contribution is 2.30. The first-order chi connectivity index (χ1) is 13.2. The molecular weight excluding hydrogens is 344 g/mol. The molecule has 0 unspecified atom stereocenters. The molecule has 144 valence electrons. The lowest BCUT2D eigenvalue weighted by Crippen LogP contribution is -2.47. The fourth-order valence-corrected chi connectivity index (χ4v) is 3.38. The minimum absolute atomic E-state index is 0.103. The van der Waals surface area contributed by atoms with Crippen LogP contribution in [0.3, 0.4) is 0 Å². The van der Waals surface area contributed by atoms with Crippen molar-refractivity contribution < 1.29 is 10.0 Å². The summed E-state index contributed by atoms with van der Waals surface area (Å²) in [7, 11) is 0. The predicted octanol–water partition coefficient (Wildman–Crippen LogP) is 2.36. The van der Waals surface area contributed by atoms with Crippen molar-refractivity contribution in [2.45, 2.75) is 6.42 Å². The van der Waals surface area contributed by atoms with Crippen molar-refractivity contribution in [2.24, 2.45) is 0 Å². The Morgan fingerprint density at radius 2 is 1.81 bits per heavy atom. The first kappa shape index (κ1) is 19.1. The number of aliphatic hydroxyl groups excluding tert-OH is 1. The average Bonchev–Trinajstić information content (AvgIpc) is 2.69. The molecule has 2 N–H and O–H groups in total. The third kappa shape index (κ3) is 5.18. The molecule has 2 aromatic rings. The van der Waals surface area contributed by atoms with E-state index in [4.69, 9.17) is 5.11 Å². The number of nitrogens with one attached hydrogen (secondary N) is 1. The summed E-state index contributed by atoms with van der Waals surface area (Å²) in [6.45, 7) is 4.97. The lowest BCUT2D eigenvalue weighted by atomic mass is 10.1. The van der Waals surface area contributed by atoms with Gasteiger partial charge in [-0.2, -0.15) is 0 Å². The molecule has 1 fully saturated rings. The van der Waals surface area contributed by atoms with Gasteiger partial charge in [-0.3, -0.25) is 15.0 Å². The number of rotatable bonds is 8. The number of aliphatic hydroxyl groups is 1. The molecule has 0 saturated carbocycles. The number of benzene rings is 2. The van der Waals surface area contributed by atoms with Crippen LogP contribution in [0.2, 0.25) is 0 Å². The van der Waals surface area contributed by atoms with E-state index in [-0.39, 0.29) is 17.2 Å². The molecule has 0 aromatic heterocycles. The Balaban J connectivity index is 1.66. The van der Waals surface area contributed by atoms with Gasteiger partial charge in [0.05, 0.1) is 11.5 Å². The smallest absolute Gasteiger partial charge is 0.292 e. The maximum absolute atomic E-state index is 11.4. The number of β-amino-alcohol motifs (C(OH)–C–C–N with tert-alkyl or cyclic N) is 1. The Bertz CT molecular complexity index is 746. The van der Waals surface area contributed by atoms with Gasteiger partial charge in [0.15, 0.2) is 0 Å². The zero-order chi connectivity index (χ0) is 19.1. The maximum Gasteiger partial charge on any atom is 0.292 e. The van der Waals surface area contributed by atoms with Crippen LogP contribution in [0.1, 0.15) is 5.56 Å². The van der Waals surface area contributed by atoms with E-state index >= 15 is 0 Å². The van der Waals surface area contributed by atoms with Gasteiger partial charge >= 0.3 is 0 Å². The van der Waals surface area contributed by atoms with Crippen LogP contribution in [-0.2, 0) is 6.42 Å². The van der Waals surface area contributed by atoms with Gasteiger partial charge in [0.2, 0.25) is 0 Å². The predicted molar refractivity (Wildman–Crippen MR) is 107 cm³/mol. The molecule has 27 heavy (non-hydrogen) atoms. The van der Waals surface area contributed by atoms with Crippen molar-refractivity contribution in [1.82, 2.24) is 4.90 Å². The van der Waals surface area contributed by atoms with E-state index in [1.54, 1.807) is 6.07 Å². The fraction of sp³-hybridized carbons (Fsp3) is 0.400. The van der Waals surface area contributed by atoms with Crippen LogP contribution < -0.4 is 10.2 Å². The number of hydrogen-bond acceptors (Lipinski definition) is 6. The highest BCUT2D eigenvalue weighted by molar-refractivity contribution is 5.69. The highest BCUT2D eigenvalue weighted by Gasteiger charge is 2.20. The molecule has 0 amide bonds. The Morgan fingerprint density at radius 1 is 1.07 bits per heavy atom. The molecule has 7 heteroatoms. The maximum atomic E-state index is 11.4. The molecule has 1 aliphatic rings. The van der Waals surface area contributed by atoms with Crippen molar-refractivity contribution in [3.63, 3.8) is 0 Å². The number of piperazine rings is 1. The summed E-state index contributed by atoms with van der Waals surface area (Å²) in [5, 5.41) is 23.7. The zero-order valence-corrected chi connectivity index (χ0v) is 15.4. The third-order valence-electron chi connectivity index (χ3n) is 4.90. The molecule has 2 aromatic carbocycles. The Labute approximate surface area is 159 Å². The number of nitro groups is 1. The van der Waals surface area contributed by atoms with E-state index in [1.807, 2.05) is 30.3 Å². The van der Waals surface area contributed by atoms with Crippen LogP contribution in [0.25, 0.3) is 0 Å². The van der Waals surface area contributed by atoms with Gasteiger partial charge < -0.3 is 15.3 Å². The van der Waals surface area contributed by atoms with E-state index < -0.39 is 0 Å². The molecule has 0 atom stereocenters. The summed E-state index contributed by atoms with van der Waals surface area (Å²) in [6.07, 6.45) is 0.808. The minimum Gasteiger partial charge on any atom is -0.395 e. The summed E-state index contributed by atoms with van der Waals surface area (Å²) in [4.78, 5) is 15.5. The van der Waals surface area contributed by atoms with Gasteiger partial charge in [-0.15, -0.1) is 0 Å². The standard InChI is InChI=1S/C20H26N4O3/c25-15-14-22-10-12-23(13-11-22)18-6-7-20(24(26)27)19(16-18)21-9-8-17-4-2-1-3-5-17/h1-7,16,21,25H,8-15H2. The normalized spacial score (nSPS) is 14.9. The van der Waals surface area contributed by atoms with Gasteiger partial charge in [0, 0.05) is 51.0 Å². The van der Waals surface area contributed by atoms with E-state index in [2.05, 4.69) is 27.2 Å². The SMILES string of the molecule is O=[N+]([O-])c1ccc(N2CCN(CCO)CC2)cc1NCCc1ccccc1. The second kappa shape index (κ2) is 9.34. The van der Waals surface area contributed by atoms with Crippen molar-refractivity contribution in [3.8, 4) is 0 Å². The molecule has 1 heterocycles. The summed E-state index contributed by atoms with van der Waals surface area (Å²) in [5.41, 5.74) is 2.85. The summed E-state index contributed by atoms with van der Waals surface area (Å²) >= 11 is 0. The second-order valence-corrected chi connectivity index (χ2v) is 6.67. The second-order valence-electron chi connectivity index (χ2n) is 6.67. The lowest BCUT2D eigenvalue weighted by Gasteiger charge is -2.35. The minimum atomic E-state index is -0.339. The zero-order valence-electron chi connectivity index (χ0n) is 15.4. The fourth-order valence-electron chi connectivity index (χ4n) is 3.38. The van der Waals surface area contributed by atoms with E-state index in [1.165, 1.54) is 5.56 Å². The molecular formula is C20H26N4O3. The first-order valence-corrected chi connectivity index (χ1v) is 9.32. The molecule has 1 saturated heterocycles. The lowest BCUT2D eigenvalue weighted by molar-refractivity contribution is -0.383. The summed E-state index contributed by atoms with van der Waals surface area (Å²) < 4.78 is 0. The molecule has 3 rings (SSSR count). The van der Waals surface area contributed by atoms with Crippen LogP contribution in [0, 0.1) is 10.1 Å². The first-order valence-electron chi connectivity index (χ1n) is 9.32. The Morgan fingerprint density at radius 3 is 2.48 bits per heavy atom. The molecule has 0 spiro atoms. The van der Waals surface area contributed by atoms with Crippen molar-refractivity contribution in [1.29, 1.82) is 0 Å². The summed E-state index contributed by atoms with van der Waals surface area (Å²) in [6, 6.07) is 15.4. The quantitative estimate of drug-likeness (QED) is 0.548. The van der Waals surface area contributed by atoms with Crippen molar-refractivity contribution >= 4 is 17.1 Å². The van der Waals surface area contributed by atoms with Crippen LogP contribution >= 0.6 is 0 Å². The monoisotopic (exact) mass is 370 g/mol. The van der Waals surface area contributed by atoms with Gasteiger partial charge in [-0.25, -0.2) is 0 Å². The van der Waals surface area contributed by atoms with E-state index in [0.717, 1.165) is 38.3 Å².